The van der Waals surface area contributed by atoms with E-state index in [-0.39, 0.29) is 6.61 Å². The summed E-state index contributed by atoms with van der Waals surface area (Å²) in [6.45, 7) is 3.84. The fourth-order valence-electron chi connectivity index (χ4n) is 1.96. The summed E-state index contributed by atoms with van der Waals surface area (Å²) in [5, 5.41) is 0. The van der Waals surface area contributed by atoms with Crippen molar-refractivity contribution in [2.24, 2.45) is 0 Å². The molecule has 110 valence electrons. The van der Waals surface area contributed by atoms with Crippen LogP contribution in [0.4, 0.5) is 5.69 Å². The number of carbonyl (C=O) groups is 1. The summed E-state index contributed by atoms with van der Waals surface area (Å²) < 4.78 is 10.3. The number of rotatable bonds is 4. The van der Waals surface area contributed by atoms with Gasteiger partial charge in [0, 0.05) is 11.8 Å². The molecule has 1 aromatic carbocycles. The van der Waals surface area contributed by atoms with Gasteiger partial charge in [-0.2, -0.15) is 0 Å². The van der Waals surface area contributed by atoms with Crippen LogP contribution in [0.25, 0.3) is 0 Å². The standard InChI is InChI=1S/C16H18N2O3/c1-10-7-11(2)14(17)8-13(10)16(19)21-9-12-5-4-6-15(18-12)20-3/h4-8H,9,17H2,1-3H3. The van der Waals surface area contributed by atoms with E-state index in [1.54, 1.807) is 24.3 Å². The molecule has 0 aliphatic heterocycles. The van der Waals surface area contributed by atoms with Crippen molar-refractivity contribution in [2.75, 3.05) is 12.8 Å². The van der Waals surface area contributed by atoms with E-state index in [0.29, 0.717) is 22.8 Å². The normalized spacial score (nSPS) is 10.2. The van der Waals surface area contributed by atoms with Crippen molar-refractivity contribution in [1.29, 1.82) is 0 Å². The fraction of sp³-hybridized carbons (Fsp3) is 0.250. The maximum absolute atomic E-state index is 12.1. The van der Waals surface area contributed by atoms with E-state index in [2.05, 4.69) is 4.98 Å². The number of nitrogens with two attached hydrogens (primary N) is 1. The number of esters is 1. The van der Waals surface area contributed by atoms with E-state index in [4.69, 9.17) is 15.2 Å². The molecule has 5 heteroatoms. The number of ether oxygens (including phenoxy) is 2. The van der Waals surface area contributed by atoms with Gasteiger partial charge in [0.25, 0.3) is 0 Å². The van der Waals surface area contributed by atoms with E-state index in [1.807, 2.05) is 19.9 Å². The monoisotopic (exact) mass is 286 g/mol. The lowest BCUT2D eigenvalue weighted by atomic mass is 10.0. The van der Waals surface area contributed by atoms with Gasteiger partial charge in [-0.25, -0.2) is 9.78 Å². The minimum Gasteiger partial charge on any atom is -0.481 e. The molecule has 21 heavy (non-hydrogen) atoms. The smallest absolute Gasteiger partial charge is 0.338 e. The topological polar surface area (TPSA) is 74.4 Å². The number of hydrogen-bond acceptors (Lipinski definition) is 5. The molecular weight excluding hydrogens is 268 g/mol. The van der Waals surface area contributed by atoms with Crippen molar-refractivity contribution in [3.05, 3.63) is 52.7 Å². The van der Waals surface area contributed by atoms with Gasteiger partial charge in [0.05, 0.1) is 18.4 Å². The Morgan fingerprint density at radius 2 is 2.00 bits per heavy atom. The number of nitrogen functional groups attached to an aromatic ring is 1. The Hall–Kier alpha value is -2.56. The van der Waals surface area contributed by atoms with Crippen LogP contribution in [-0.4, -0.2) is 18.1 Å². The molecule has 2 aromatic rings. The minimum absolute atomic E-state index is 0.0866. The van der Waals surface area contributed by atoms with Crippen molar-refractivity contribution in [1.82, 2.24) is 4.98 Å². The number of aryl methyl sites for hydroxylation is 2. The van der Waals surface area contributed by atoms with Crippen LogP contribution in [0.1, 0.15) is 27.2 Å². The third kappa shape index (κ3) is 3.51. The number of carbonyl (C=O) groups excluding carboxylic acids is 1. The quantitative estimate of drug-likeness (QED) is 0.691. The summed E-state index contributed by atoms with van der Waals surface area (Å²) in [5.41, 5.74) is 9.29. The average Bonchev–Trinajstić information content (AvgIpc) is 2.48. The molecule has 0 saturated carbocycles. The van der Waals surface area contributed by atoms with Gasteiger partial charge in [-0.05, 0) is 37.1 Å². The van der Waals surface area contributed by atoms with E-state index in [0.717, 1.165) is 11.1 Å². The van der Waals surface area contributed by atoms with E-state index >= 15 is 0 Å². The molecule has 0 atom stereocenters. The van der Waals surface area contributed by atoms with Crippen molar-refractivity contribution in [3.8, 4) is 5.88 Å². The molecule has 2 rings (SSSR count). The summed E-state index contributed by atoms with van der Waals surface area (Å²) in [7, 11) is 1.54. The van der Waals surface area contributed by atoms with Crippen LogP contribution in [-0.2, 0) is 11.3 Å². The molecular formula is C16H18N2O3. The van der Waals surface area contributed by atoms with Crippen LogP contribution in [0.5, 0.6) is 5.88 Å². The highest BCUT2D eigenvalue weighted by Crippen LogP contribution is 2.19. The maximum Gasteiger partial charge on any atom is 0.338 e. The van der Waals surface area contributed by atoms with Gasteiger partial charge < -0.3 is 15.2 Å². The molecule has 0 unspecified atom stereocenters. The first kappa shape index (κ1) is 14.8. The van der Waals surface area contributed by atoms with E-state index < -0.39 is 5.97 Å². The molecule has 1 aromatic heterocycles. The first-order valence-electron chi connectivity index (χ1n) is 6.55. The fourth-order valence-corrected chi connectivity index (χ4v) is 1.96. The Bertz CT molecular complexity index is 669. The van der Waals surface area contributed by atoms with Crippen molar-refractivity contribution in [3.63, 3.8) is 0 Å². The Kier molecular flexibility index (Phi) is 4.42. The number of aromatic nitrogens is 1. The summed E-state index contributed by atoms with van der Waals surface area (Å²) in [6.07, 6.45) is 0. The van der Waals surface area contributed by atoms with Gasteiger partial charge in [-0.3, -0.25) is 0 Å². The van der Waals surface area contributed by atoms with E-state index in [1.165, 1.54) is 7.11 Å². The lowest BCUT2D eigenvalue weighted by Crippen LogP contribution is -2.09. The molecule has 0 bridgehead atoms. The van der Waals surface area contributed by atoms with Crippen molar-refractivity contribution in [2.45, 2.75) is 20.5 Å². The highest BCUT2D eigenvalue weighted by atomic mass is 16.5. The molecule has 1 heterocycles. The predicted molar refractivity (Wildman–Crippen MR) is 80.2 cm³/mol. The number of nitrogens with zero attached hydrogens (tertiary/aromatic N) is 1. The number of pyridine rings is 1. The van der Waals surface area contributed by atoms with E-state index in [9.17, 15) is 4.79 Å². The molecule has 0 fully saturated rings. The van der Waals surface area contributed by atoms with Gasteiger partial charge in [0.2, 0.25) is 5.88 Å². The zero-order chi connectivity index (χ0) is 15.4. The summed E-state index contributed by atoms with van der Waals surface area (Å²) in [6, 6.07) is 8.81. The van der Waals surface area contributed by atoms with Crippen LogP contribution in [0.2, 0.25) is 0 Å². The Morgan fingerprint density at radius 1 is 1.24 bits per heavy atom. The predicted octanol–water partition coefficient (Wildman–Crippen LogP) is 2.65. The van der Waals surface area contributed by atoms with Crippen molar-refractivity contribution < 1.29 is 14.3 Å². The molecule has 0 amide bonds. The number of hydrogen-bond donors (Lipinski definition) is 1. The molecule has 0 saturated heterocycles. The first-order valence-corrected chi connectivity index (χ1v) is 6.55. The number of methoxy groups -OCH3 is 1. The SMILES string of the molecule is COc1cccc(COC(=O)c2cc(N)c(C)cc2C)n1. The van der Waals surface area contributed by atoms with Crippen molar-refractivity contribution >= 4 is 11.7 Å². The highest BCUT2D eigenvalue weighted by Gasteiger charge is 2.13. The summed E-state index contributed by atoms with van der Waals surface area (Å²) in [5.74, 6) is 0.0723. The first-order chi connectivity index (χ1) is 10.0. The summed E-state index contributed by atoms with van der Waals surface area (Å²) >= 11 is 0. The second-order valence-corrected chi connectivity index (χ2v) is 4.77. The van der Waals surface area contributed by atoms with Crippen LogP contribution in [0, 0.1) is 13.8 Å². The highest BCUT2D eigenvalue weighted by molar-refractivity contribution is 5.92. The molecule has 5 nitrogen and oxygen atoms in total. The van der Waals surface area contributed by atoms with Crippen LogP contribution in [0.15, 0.2) is 30.3 Å². The van der Waals surface area contributed by atoms with Crippen LogP contribution < -0.4 is 10.5 Å². The third-order valence-corrected chi connectivity index (χ3v) is 3.17. The minimum atomic E-state index is -0.413. The Balaban J connectivity index is 2.10. The molecule has 2 N–H and O–H groups in total. The number of benzene rings is 1. The lowest BCUT2D eigenvalue weighted by Gasteiger charge is -2.10. The Morgan fingerprint density at radius 3 is 2.71 bits per heavy atom. The lowest BCUT2D eigenvalue weighted by molar-refractivity contribution is 0.0466. The maximum atomic E-state index is 12.1. The molecule has 0 aliphatic rings. The zero-order valence-electron chi connectivity index (χ0n) is 12.3. The van der Waals surface area contributed by atoms with Gasteiger partial charge in [0.1, 0.15) is 6.61 Å². The molecule has 0 aliphatic carbocycles. The Labute approximate surface area is 123 Å². The second-order valence-electron chi connectivity index (χ2n) is 4.77. The van der Waals surface area contributed by atoms with Gasteiger partial charge in [0.15, 0.2) is 0 Å². The zero-order valence-corrected chi connectivity index (χ0v) is 12.3. The summed E-state index contributed by atoms with van der Waals surface area (Å²) in [4.78, 5) is 16.3. The molecule has 0 radical (unpaired) electrons. The van der Waals surface area contributed by atoms with Crippen LogP contribution in [0.3, 0.4) is 0 Å². The van der Waals surface area contributed by atoms with Gasteiger partial charge >= 0.3 is 5.97 Å². The third-order valence-electron chi connectivity index (χ3n) is 3.17. The van der Waals surface area contributed by atoms with Gasteiger partial charge in [-0.15, -0.1) is 0 Å². The average molecular weight is 286 g/mol. The largest absolute Gasteiger partial charge is 0.481 e. The second kappa shape index (κ2) is 6.26. The van der Waals surface area contributed by atoms with Gasteiger partial charge in [-0.1, -0.05) is 12.1 Å². The number of anilines is 1. The van der Waals surface area contributed by atoms with Crippen LogP contribution >= 0.6 is 0 Å². The molecule has 0 spiro atoms.